The van der Waals surface area contributed by atoms with Crippen LogP contribution in [-0.4, -0.2) is 29.8 Å². The third-order valence-corrected chi connectivity index (χ3v) is 3.70. The van der Waals surface area contributed by atoms with Gasteiger partial charge in [0.1, 0.15) is 0 Å². The predicted molar refractivity (Wildman–Crippen MR) is 70.2 cm³/mol. The van der Waals surface area contributed by atoms with Crippen molar-refractivity contribution in [1.29, 1.82) is 0 Å². The summed E-state index contributed by atoms with van der Waals surface area (Å²) in [5.74, 6) is 0.364. The van der Waals surface area contributed by atoms with Gasteiger partial charge in [0.15, 0.2) is 5.78 Å². The average molecular weight is 231 g/mol. The van der Waals surface area contributed by atoms with E-state index in [0.717, 1.165) is 18.7 Å². The number of ketones is 1. The Morgan fingerprint density at radius 1 is 1.41 bits per heavy atom. The van der Waals surface area contributed by atoms with Crippen molar-refractivity contribution in [2.24, 2.45) is 5.92 Å². The van der Waals surface area contributed by atoms with Crippen molar-refractivity contribution in [1.82, 2.24) is 4.90 Å². The number of likely N-dealkylation sites (tertiary alicyclic amines) is 1. The number of hydrogen-bond donors (Lipinski definition) is 0. The first-order valence-corrected chi connectivity index (χ1v) is 6.52. The Labute approximate surface area is 104 Å². The monoisotopic (exact) mass is 231 g/mol. The normalized spacial score (nSPS) is 22.6. The van der Waals surface area contributed by atoms with Gasteiger partial charge in [-0.2, -0.15) is 0 Å². The van der Waals surface area contributed by atoms with Crippen LogP contribution in [0.1, 0.15) is 37.0 Å². The maximum Gasteiger partial charge on any atom is 0.166 e. The molecule has 1 aromatic carbocycles. The third-order valence-electron chi connectivity index (χ3n) is 3.70. The van der Waals surface area contributed by atoms with Crippen molar-refractivity contribution in [3.05, 3.63) is 35.9 Å². The first kappa shape index (κ1) is 12.3. The molecule has 2 unspecified atom stereocenters. The Balaban J connectivity index is 1.96. The lowest BCUT2D eigenvalue weighted by Crippen LogP contribution is -2.34. The summed E-state index contributed by atoms with van der Waals surface area (Å²) in [5, 5.41) is 0. The maximum absolute atomic E-state index is 12.2. The van der Waals surface area contributed by atoms with Crippen LogP contribution in [0.3, 0.4) is 0 Å². The second-order valence-electron chi connectivity index (χ2n) is 5.12. The van der Waals surface area contributed by atoms with Gasteiger partial charge in [0.25, 0.3) is 0 Å². The van der Waals surface area contributed by atoms with Crippen LogP contribution in [0.25, 0.3) is 0 Å². The summed E-state index contributed by atoms with van der Waals surface area (Å²) < 4.78 is 0. The molecule has 1 saturated heterocycles. The van der Waals surface area contributed by atoms with Crippen LogP contribution in [0.2, 0.25) is 0 Å². The summed E-state index contributed by atoms with van der Waals surface area (Å²) in [6.45, 7) is 6.34. The van der Waals surface area contributed by atoms with Gasteiger partial charge in [-0.1, -0.05) is 37.3 Å². The molecular weight excluding hydrogens is 210 g/mol. The largest absolute Gasteiger partial charge is 0.300 e. The maximum atomic E-state index is 12.2. The molecule has 2 heteroatoms. The topological polar surface area (TPSA) is 20.3 Å². The van der Waals surface area contributed by atoms with Crippen LogP contribution < -0.4 is 0 Å². The molecule has 0 aromatic heterocycles. The zero-order valence-corrected chi connectivity index (χ0v) is 10.7. The molecule has 1 aromatic rings. The Morgan fingerprint density at radius 2 is 2.12 bits per heavy atom. The predicted octanol–water partition coefficient (Wildman–Crippen LogP) is 2.99. The molecule has 2 atom stereocenters. The van der Waals surface area contributed by atoms with Gasteiger partial charge < -0.3 is 0 Å². The third kappa shape index (κ3) is 2.95. The molecule has 1 aliphatic heterocycles. The van der Waals surface area contributed by atoms with Crippen LogP contribution >= 0.6 is 0 Å². The summed E-state index contributed by atoms with van der Waals surface area (Å²) in [6, 6.07) is 10.3. The smallest absolute Gasteiger partial charge is 0.166 e. The first-order valence-electron chi connectivity index (χ1n) is 6.52. The lowest BCUT2D eigenvalue weighted by atomic mass is 9.99. The SMILES string of the molecule is CC(CN1CCCC1C)C(=O)c1ccccc1. The molecule has 2 rings (SSSR count). The molecule has 0 radical (unpaired) electrons. The Kier molecular flexibility index (Phi) is 3.95. The number of carbonyl (C=O) groups is 1. The fourth-order valence-electron chi connectivity index (χ4n) is 2.59. The minimum absolute atomic E-state index is 0.0953. The fourth-order valence-corrected chi connectivity index (χ4v) is 2.59. The zero-order chi connectivity index (χ0) is 12.3. The van der Waals surface area contributed by atoms with E-state index in [4.69, 9.17) is 0 Å². The Hall–Kier alpha value is -1.15. The standard InChI is InChI=1S/C15H21NO/c1-12(11-16-10-6-7-13(16)2)15(17)14-8-4-3-5-9-14/h3-5,8-9,12-13H,6-7,10-11H2,1-2H3. The van der Waals surface area contributed by atoms with Crippen LogP contribution in [-0.2, 0) is 0 Å². The van der Waals surface area contributed by atoms with Gasteiger partial charge in [-0.05, 0) is 26.3 Å². The lowest BCUT2D eigenvalue weighted by molar-refractivity contribution is 0.0891. The van der Waals surface area contributed by atoms with Crippen molar-refractivity contribution in [3.8, 4) is 0 Å². The van der Waals surface area contributed by atoms with E-state index in [1.165, 1.54) is 12.8 Å². The van der Waals surface area contributed by atoms with Gasteiger partial charge in [0.05, 0.1) is 0 Å². The Morgan fingerprint density at radius 3 is 2.71 bits per heavy atom. The van der Waals surface area contributed by atoms with E-state index in [-0.39, 0.29) is 11.7 Å². The number of benzene rings is 1. The van der Waals surface area contributed by atoms with Crippen LogP contribution in [0.5, 0.6) is 0 Å². The van der Waals surface area contributed by atoms with Gasteiger partial charge in [-0.15, -0.1) is 0 Å². The molecule has 1 fully saturated rings. The van der Waals surface area contributed by atoms with Gasteiger partial charge in [-0.3, -0.25) is 9.69 Å². The second-order valence-corrected chi connectivity index (χ2v) is 5.12. The van der Waals surface area contributed by atoms with Crippen molar-refractivity contribution in [3.63, 3.8) is 0 Å². The average Bonchev–Trinajstić information content (AvgIpc) is 2.75. The minimum Gasteiger partial charge on any atom is -0.300 e. The first-order chi connectivity index (χ1) is 8.18. The molecule has 0 amide bonds. The summed E-state index contributed by atoms with van der Waals surface area (Å²) in [6.07, 6.45) is 2.54. The van der Waals surface area contributed by atoms with E-state index >= 15 is 0 Å². The zero-order valence-electron chi connectivity index (χ0n) is 10.7. The lowest BCUT2D eigenvalue weighted by Gasteiger charge is -2.24. The molecule has 1 aliphatic rings. The highest BCUT2D eigenvalue weighted by Crippen LogP contribution is 2.19. The second kappa shape index (κ2) is 5.46. The van der Waals surface area contributed by atoms with E-state index in [0.29, 0.717) is 6.04 Å². The molecule has 2 nitrogen and oxygen atoms in total. The van der Waals surface area contributed by atoms with Crippen molar-refractivity contribution < 1.29 is 4.79 Å². The van der Waals surface area contributed by atoms with Gasteiger partial charge in [0, 0.05) is 24.1 Å². The molecule has 0 N–H and O–H groups in total. The highest BCUT2D eigenvalue weighted by Gasteiger charge is 2.24. The number of Topliss-reactive ketones (excluding diaryl/α,β-unsaturated/α-hetero) is 1. The summed E-state index contributed by atoms with van der Waals surface area (Å²) in [7, 11) is 0. The highest BCUT2D eigenvalue weighted by atomic mass is 16.1. The molecular formula is C15H21NO. The van der Waals surface area contributed by atoms with E-state index in [2.05, 4.69) is 11.8 Å². The van der Waals surface area contributed by atoms with E-state index in [1.807, 2.05) is 37.3 Å². The van der Waals surface area contributed by atoms with Gasteiger partial charge in [-0.25, -0.2) is 0 Å². The molecule has 0 bridgehead atoms. The van der Waals surface area contributed by atoms with Gasteiger partial charge in [0.2, 0.25) is 0 Å². The van der Waals surface area contributed by atoms with Crippen LogP contribution in [0.4, 0.5) is 0 Å². The molecule has 17 heavy (non-hydrogen) atoms. The van der Waals surface area contributed by atoms with Crippen LogP contribution in [0, 0.1) is 5.92 Å². The molecule has 92 valence electrons. The summed E-state index contributed by atoms with van der Waals surface area (Å²) in [5.41, 5.74) is 0.840. The van der Waals surface area contributed by atoms with E-state index in [9.17, 15) is 4.79 Å². The fraction of sp³-hybridized carbons (Fsp3) is 0.533. The van der Waals surface area contributed by atoms with E-state index in [1.54, 1.807) is 0 Å². The van der Waals surface area contributed by atoms with Crippen molar-refractivity contribution >= 4 is 5.78 Å². The molecule has 0 spiro atoms. The quantitative estimate of drug-likeness (QED) is 0.742. The van der Waals surface area contributed by atoms with Crippen molar-refractivity contribution in [2.75, 3.05) is 13.1 Å². The number of hydrogen-bond acceptors (Lipinski definition) is 2. The van der Waals surface area contributed by atoms with Gasteiger partial charge >= 0.3 is 0 Å². The molecule has 1 heterocycles. The highest BCUT2D eigenvalue weighted by molar-refractivity contribution is 5.97. The van der Waals surface area contributed by atoms with Crippen LogP contribution in [0.15, 0.2) is 30.3 Å². The number of rotatable bonds is 4. The molecule has 0 saturated carbocycles. The minimum atomic E-state index is 0.0953. The van der Waals surface area contributed by atoms with E-state index < -0.39 is 0 Å². The summed E-state index contributed by atoms with van der Waals surface area (Å²) >= 11 is 0. The van der Waals surface area contributed by atoms with Crippen molar-refractivity contribution in [2.45, 2.75) is 32.7 Å². The summed E-state index contributed by atoms with van der Waals surface area (Å²) in [4.78, 5) is 14.6. The molecule has 0 aliphatic carbocycles. The number of carbonyl (C=O) groups excluding carboxylic acids is 1. The number of nitrogens with zero attached hydrogens (tertiary/aromatic N) is 1. The Bertz CT molecular complexity index is 374.